The molecule has 1 amide bonds. The summed E-state index contributed by atoms with van der Waals surface area (Å²) in [6.07, 6.45) is -0.583. The summed E-state index contributed by atoms with van der Waals surface area (Å²) < 4.78 is 6.44. The highest BCUT2D eigenvalue weighted by atomic mass is 127. The van der Waals surface area contributed by atoms with Crippen molar-refractivity contribution in [1.82, 2.24) is 5.43 Å². The van der Waals surface area contributed by atoms with E-state index in [0.717, 1.165) is 3.57 Å². The maximum Gasteiger partial charge on any atom is 0.274 e. The fourth-order valence-electron chi connectivity index (χ4n) is 0.888. The van der Waals surface area contributed by atoms with Crippen molar-refractivity contribution in [3.63, 3.8) is 0 Å². The van der Waals surface area contributed by atoms with Crippen LogP contribution in [0.1, 0.15) is 6.92 Å². The van der Waals surface area contributed by atoms with E-state index in [2.05, 4.69) is 22.6 Å². The standard InChI is InChI=1S/C9H11IN2O2/c1-6(9(13)12-11)14-8-4-2-7(10)3-5-8/h2-6H,11H2,1H3,(H,12,13). The summed E-state index contributed by atoms with van der Waals surface area (Å²) in [6.45, 7) is 1.64. The van der Waals surface area contributed by atoms with Gasteiger partial charge < -0.3 is 4.74 Å². The van der Waals surface area contributed by atoms with Crippen molar-refractivity contribution in [1.29, 1.82) is 0 Å². The summed E-state index contributed by atoms with van der Waals surface area (Å²) in [7, 11) is 0. The molecule has 0 spiro atoms. The van der Waals surface area contributed by atoms with Crippen molar-refractivity contribution in [3.8, 4) is 5.75 Å². The van der Waals surface area contributed by atoms with Gasteiger partial charge in [-0.2, -0.15) is 0 Å². The van der Waals surface area contributed by atoms with Crippen molar-refractivity contribution in [2.45, 2.75) is 13.0 Å². The van der Waals surface area contributed by atoms with Crippen LogP contribution < -0.4 is 16.0 Å². The van der Waals surface area contributed by atoms with Gasteiger partial charge >= 0.3 is 0 Å². The first-order chi connectivity index (χ1) is 6.63. The molecule has 0 heterocycles. The van der Waals surface area contributed by atoms with E-state index in [4.69, 9.17) is 10.6 Å². The zero-order valence-corrected chi connectivity index (χ0v) is 9.82. The van der Waals surface area contributed by atoms with Gasteiger partial charge in [-0.3, -0.25) is 10.2 Å². The molecule has 0 saturated carbocycles. The number of hydrazine groups is 1. The third-order valence-electron chi connectivity index (χ3n) is 1.64. The molecule has 4 nitrogen and oxygen atoms in total. The third kappa shape index (κ3) is 3.15. The van der Waals surface area contributed by atoms with Crippen molar-refractivity contribution in [2.24, 2.45) is 5.84 Å². The lowest BCUT2D eigenvalue weighted by atomic mass is 10.3. The fraction of sp³-hybridized carbons (Fsp3) is 0.222. The van der Waals surface area contributed by atoms with E-state index in [1.807, 2.05) is 29.7 Å². The summed E-state index contributed by atoms with van der Waals surface area (Å²) in [5.74, 6) is 5.28. The normalized spacial score (nSPS) is 11.9. The molecule has 0 fully saturated rings. The zero-order chi connectivity index (χ0) is 10.6. The van der Waals surface area contributed by atoms with Crippen molar-refractivity contribution < 1.29 is 9.53 Å². The first kappa shape index (κ1) is 11.3. The lowest BCUT2D eigenvalue weighted by molar-refractivity contribution is -0.127. The van der Waals surface area contributed by atoms with Crippen molar-refractivity contribution in [2.75, 3.05) is 0 Å². The molecule has 5 heteroatoms. The van der Waals surface area contributed by atoms with Gasteiger partial charge in [0.25, 0.3) is 5.91 Å². The predicted molar refractivity (Wildman–Crippen MR) is 61.6 cm³/mol. The number of nitrogens with one attached hydrogen (secondary N) is 1. The molecule has 0 aliphatic rings. The molecular formula is C9H11IN2O2. The lowest BCUT2D eigenvalue weighted by Crippen LogP contribution is -2.40. The number of ether oxygens (including phenoxy) is 1. The number of rotatable bonds is 3. The van der Waals surface area contributed by atoms with E-state index in [1.54, 1.807) is 6.92 Å². The summed E-state index contributed by atoms with van der Waals surface area (Å²) in [5, 5.41) is 0. The third-order valence-corrected chi connectivity index (χ3v) is 2.36. The first-order valence-electron chi connectivity index (χ1n) is 4.06. The average molecular weight is 306 g/mol. The van der Waals surface area contributed by atoms with Crippen LogP contribution >= 0.6 is 22.6 Å². The summed E-state index contributed by atoms with van der Waals surface area (Å²) >= 11 is 2.20. The van der Waals surface area contributed by atoms with Gasteiger partial charge in [-0.05, 0) is 53.8 Å². The second-order valence-corrected chi connectivity index (χ2v) is 3.97. The van der Waals surface area contributed by atoms with E-state index in [0.29, 0.717) is 5.75 Å². The van der Waals surface area contributed by atoms with Gasteiger partial charge in [0.15, 0.2) is 6.10 Å². The Labute approximate surface area is 95.9 Å². The highest BCUT2D eigenvalue weighted by Gasteiger charge is 2.12. The number of amides is 1. The smallest absolute Gasteiger partial charge is 0.274 e. The highest BCUT2D eigenvalue weighted by molar-refractivity contribution is 14.1. The molecular weight excluding hydrogens is 295 g/mol. The molecule has 1 aromatic rings. The average Bonchev–Trinajstić information content (AvgIpc) is 2.20. The minimum absolute atomic E-state index is 0.344. The maximum atomic E-state index is 11.0. The van der Waals surface area contributed by atoms with Gasteiger partial charge in [0, 0.05) is 3.57 Å². The first-order valence-corrected chi connectivity index (χ1v) is 5.14. The molecule has 0 radical (unpaired) electrons. The Balaban J connectivity index is 2.60. The largest absolute Gasteiger partial charge is 0.481 e. The Kier molecular flexibility index (Phi) is 4.15. The van der Waals surface area contributed by atoms with E-state index < -0.39 is 6.10 Å². The van der Waals surface area contributed by atoms with Crippen LogP contribution in [-0.2, 0) is 4.79 Å². The second-order valence-electron chi connectivity index (χ2n) is 2.72. The Morgan fingerprint density at radius 2 is 2.07 bits per heavy atom. The van der Waals surface area contributed by atoms with Gasteiger partial charge in [0.1, 0.15) is 5.75 Å². The molecule has 0 bridgehead atoms. The molecule has 0 aliphatic heterocycles. The van der Waals surface area contributed by atoms with E-state index >= 15 is 0 Å². The van der Waals surface area contributed by atoms with Crippen LogP contribution in [0.15, 0.2) is 24.3 Å². The van der Waals surface area contributed by atoms with Gasteiger partial charge in [0.2, 0.25) is 0 Å². The Morgan fingerprint density at radius 3 is 2.57 bits per heavy atom. The fourth-order valence-corrected chi connectivity index (χ4v) is 1.25. The van der Waals surface area contributed by atoms with E-state index in [-0.39, 0.29) is 5.91 Å². The van der Waals surface area contributed by atoms with Crippen LogP contribution in [0, 0.1) is 3.57 Å². The molecule has 0 aromatic heterocycles. The Hall–Kier alpha value is -0.820. The summed E-state index contributed by atoms with van der Waals surface area (Å²) in [6, 6.07) is 7.43. The molecule has 0 saturated heterocycles. The molecule has 3 N–H and O–H groups in total. The van der Waals surface area contributed by atoms with Crippen molar-refractivity contribution >= 4 is 28.5 Å². The van der Waals surface area contributed by atoms with E-state index in [1.165, 1.54) is 0 Å². The SMILES string of the molecule is CC(Oc1ccc(I)cc1)C(=O)NN. The number of benzene rings is 1. The number of carbonyl (C=O) groups excluding carboxylic acids is 1. The number of halogens is 1. The summed E-state index contributed by atoms with van der Waals surface area (Å²) in [4.78, 5) is 11.0. The lowest BCUT2D eigenvalue weighted by Gasteiger charge is -2.12. The second kappa shape index (κ2) is 5.16. The van der Waals surface area contributed by atoms with Crippen LogP contribution in [0.2, 0.25) is 0 Å². The molecule has 76 valence electrons. The molecule has 14 heavy (non-hydrogen) atoms. The molecule has 1 atom stereocenters. The highest BCUT2D eigenvalue weighted by Crippen LogP contribution is 2.14. The van der Waals surface area contributed by atoms with Gasteiger partial charge in [-0.1, -0.05) is 0 Å². The number of carbonyl (C=O) groups is 1. The number of hydrogen-bond acceptors (Lipinski definition) is 3. The number of nitrogens with two attached hydrogens (primary N) is 1. The molecule has 1 aromatic carbocycles. The minimum Gasteiger partial charge on any atom is -0.481 e. The van der Waals surface area contributed by atoms with Gasteiger partial charge in [0.05, 0.1) is 0 Å². The Bertz CT molecular complexity index is 313. The molecule has 1 unspecified atom stereocenters. The molecule has 0 aliphatic carbocycles. The Morgan fingerprint density at radius 1 is 1.50 bits per heavy atom. The van der Waals surface area contributed by atoms with E-state index in [9.17, 15) is 4.79 Å². The summed E-state index contributed by atoms with van der Waals surface area (Å²) in [5.41, 5.74) is 2.03. The minimum atomic E-state index is -0.583. The van der Waals surface area contributed by atoms with Crippen LogP contribution in [0.5, 0.6) is 5.75 Å². The van der Waals surface area contributed by atoms with Crippen LogP contribution in [0.25, 0.3) is 0 Å². The predicted octanol–water partition coefficient (Wildman–Crippen LogP) is 1.05. The maximum absolute atomic E-state index is 11.0. The van der Waals surface area contributed by atoms with Gasteiger partial charge in [-0.15, -0.1) is 0 Å². The topological polar surface area (TPSA) is 64.3 Å². The number of hydrogen-bond donors (Lipinski definition) is 2. The molecule has 1 rings (SSSR count). The van der Waals surface area contributed by atoms with Crippen LogP contribution in [0.4, 0.5) is 0 Å². The monoisotopic (exact) mass is 306 g/mol. The zero-order valence-electron chi connectivity index (χ0n) is 7.66. The van der Waals surface area contributed by atoms with Crippen LogP contribution in [0.3, 0.4) is 0 Å². The quantitative estimate of drug-likeness (QED) is 0.380. The van der Waals surface area contributed by atoms with Crippen molar-refractivity contribution in [3.05, 3.63) is 27.8 Å². The van der Waals surface area contributed by atoms with Gasteiger partial charge in [-0.25, -0.2) is 5.84 Å². The van der Waals surface area contributed by atoms with Crippen LogP contribution in [-0.4, -0.2) is 12.0 Å².